The smallest absolute Gasteiger partial charge is 0.141 e. The van der Waals surface area contributed by atoms with E-state index in [-0.39, 0.29) is 0 Å². The van der Waals surface area contributed by atoms with Crippen molar-refractivity contribution in [3.05, 3.63) is 30.1 Å². The van der Waals surface area contributed by atoms with Crippen LogP contribution >= 0.6 is 0 Å². The quantitative estimate of drug-likeness (QED) is 0.810. The van der Waals surface area contributed by atoms with Gasteiger partial charge in [-0.2, -0.15) is 10.2 Å². The van der Waals surface area contributed by atoms with Gasteiger partial charge in [-0.3, -0.25) is 4.68 Å². The van der Waals surface area contributed by atoms with E-state index in [9.17, 15) is 0 Å². The summed E-state index contributed by atoms with van der Waals surface area (Å²) in [5, 5.41) is 12.3. The largest absolute Gasteiger partial charge is 0.310 e. The van der Waals surface area contributed by atoms with Gasteiger partial charge in [0, 0.05) is 12.2 Å². The maximum absolute atomic E-state index is 4.61. The summed E-state index contributed by atoms with van der Waals surface area (Å²) < 4.78 is 3.93. The highest BCUT2D eigenvalue weighted by atomic mass is 15.4. The molecule has 0 saturated heterocycles. The molecule has 0 aliphatic rings. The normalized spacial score (nSPS) is 13.0. The van der Waals surface area contributed by atoms with Gasteiger partial charge in [0.05, 0.1) is 18.8 Å². The SMILES string of the molecule is CCC(C)n1ccc(Cn2ncnc2CNCC(C)C)n1. The lowest BCUT2D eigenvalue weighted by Crippen LogP contribution is -2.22. The fourth-order valence-electron chi connectivity index (χ4n) is 2.08. The molecule has 0 radical (unpaired) electrons. The highest BCUT2D eigenvalue weighted by Gasteiger charge is 2.09. The van der Waals surface area contributed by atoms with Crippen molar-refractivity contribution in [3.8, 4) is 0 Å². The first-order valence-electron chi connectivity index (χ1n) is 7.71. The average molecular weight is 290 g/mol. The first-order chi connectivity index (χ1) is 10.1. The standard InChI is InChI=1S/C15H26N6/c1-5-13(4)20-7-6-14(19-20)10-21-15(17-11-18-21)9-16-8-12(2)3/h6-7,11-13,16H,5,8-10H2,1-4H3. The summed E-state index contributed by atoms with van der Waals surface area (Å²) in [7, 11) is 0. The van der Waals surface area contributed by atoms with Crippen molar-refractivity contribution in [1.29, 1.82) is 0 Å². The molecule has 2 rings (SSSR count). The number of hydrogen-bond donors (Lipinski definition) is 1. The first-order valence-corrected chi connectivity index (χ1v) is 7.71. The molecule has 116 valence electrons. The Morgan fingerprint density at radius 3 is 2.81 bits per heavy atom. The van der Waals surface area contributed by atoms with Crippen molar-refractivity contribution < 1.29 is 0 Å². The van der Waals surface area contributed by atoms with E-state index in [4.69, 9.17) is 0 Å². The molecule has 2 aromatic rings. The van der Waals surface area contributed by atoms with Gasteiger partial charge >= 0.3 is 0 Å². The number of rotatable bonds is 8. The van der Waals surface area contributed by atoms with Crippen molar-refractivity contribution in [1.82, 2.24) is 29.9 Å². The van der Waals surface area contributed by atoms with Gasteiger partial charge in [-0.1, -0.05) is 20.8 Å². The van der Waals surface area contributed by atoms with E-state index in [2.05, 4.69) is 54.3 Å². The molecule has 0 spiro atoms. The van der Waals surface area contributed by atoms with Crippen molar-refractivity contribution in [2.24, 2.45) is 5.92 Å². The Bertz CT molecular complexity index is 542. The molecule has 0 aliphatic carbocycles. The first kappa shape index (κ1) is 15.7. The molecular formula is C15H26N6. The van der Waals surface area contributed by atoms with Crippen LogP contribution < -0.4 is 5.32 Å². The van der Waals surface area contributed by atoms with Gasteiger partial charge in [0.2, 0.25) is 0 Å². The molecule has 2 aromatic heterocycles. The summed E-state index contributed by atoms with van der Waals surface area (Å²) >= 11 is 0. The molecule has 0 amide bonds. The molecule has 1 N–H and O–H groups in total. The van der Waals surface area contributed by atoms with Crippen molar-refractivity contribution in [2.45, 2.75) is 53.2 Å². The fraction of sp³-hybridized carbons (Fsp3) is 0.667. The van der Waals surface area contributed by atoms with Crippen LogP contribution in [0.25, 0.3) is 0 Å². The van der Waals surface area contributed by atoms with E-state index in [1.54, 1.807) is 6.33 Å². The van der Waals surface area contributed by atoms with Crippen LogP contribution in [0.2, 0.25) is 0 Å². The monoisotopic (exact) mass is 290 g/mol. The zero-order valence-corrected chi connectivity index (χ0v) is 13.5. The molecule has 0 aromatic carbocycles. The van der Waals surface area contributed by atoms with E-state index in [0.717, 1.165) is 31.0 Å². The van der Waals surface area contributed by atoms with E-state index in [1.807, 2.05) is 15.6 Å². The van der Waals surface area contributed by atoms with Crippen molar-refractivity contribution in [2.75, 3.05) is 6.54 Å². The molecule has 0 saturated carbocycles. The van der Waals surface area contributed by atoms with E-state index in [0.29, 0.717) is 18.5 Å². The molecule has 6 nitrogen and oxygen atoms in total. The average Bonchev–Trinajstić information content (AvgIpc) is 3.08. The van der Waals surface area contributed by atoms with Crippen LogP contribution in [0.1, 0.15) is 51.7 Å². The highest BCUT2D eigenvalue weighted by molar-refractivity contribution is 5.01. The third kappa shape index (κ3) is 4.39. The topological polar surface area (TPSA) is 60.6 Å². The molecule has 21 heavy (non-hydrogen) atoms. The lowest BCUT2D eigenvalue weighted by atomic mass is 10.2. The second-order valence-electron chi connectivity index (χ2n) is 5.90. The van der Waals surface area contributed by atoms with E-state index in [1.165, 1.54) is 0 Å². The molecule has 0 bridgehead atoms. The van der Waals surface area contributed by atoms with Crippen LogP contribution in [0, 0.1) is 5.92 Å². The van der Waals surface area contributed by atoms with E-state index < -0.39 is 0 Å². The van der Waals surface area contributed by atoms with Gasteiger partial charge in [-0.15, -0.1) is 0 Å². The van der Waals surface area contributed by atoms with Gasteiger partial charge in [0.25, 0.3) is 0 Å². The molecule has 0 fully saturated rings. The minimum Gasteiger partial charge on any atom is -0.310 e. The number of aromatic nitrogens is 5. The minimum atomic E-state index is 0.432. The summed E-state index contributed by atoms with van der Waals surface area (Å²) in [5.74, 6) is 1.58. The van der Waals surface area contributed by atoms with Gasteiger partial charge in [-0.25, -0.2) is 9.67 Å². The Morgan fingerprint density at radius 2 is 2.10 bits per heavy atom. The summed E-state index contributed by atoms with van der Waals surface area (Å²) in [6, 6.07) is 2.49. The maximum Gasteiger partial charge on any atom is 0.141 e. The molecule has 6 heteroatoms. The van der Waals surface area contributed by atoms with Crippen LogP contribution in [0.15, 0.2) is 18.6 Å². The van der Waals surface area contributed by atoms with Crippen LogP contribution in [-0.4, -0.2) is 31.1 Å². The third-order valence-corrected chi connectivity index (χ3v) is 3.55. The Balaban J connectivity index is 1.96. The Hall–Kier alpha value is -1.69. The minimum absolute atomic E-state index is 0.432. The van der Waals surface area contributed by atoms with Gasteiger partial charge in [0.1, 0.15) is 12.2 Å². The van der Waals surface area contributed by atoms with Crippen LogP contribution in [-0.2, 0) is 13.1 Å². The third-order valence-electron chi connectivity index (χ3n) is 3.55. The molecule has 1 unspecified atom stereocenters. The second kappa shape index (κ2) is 7.36. The second-order valence-corrected chi connectivity index (χ2v) is 5.90. The van der Waals surface area contributed by atoms with Crippen LogP contribution in [0.5, 0.6) is 0 Å². The predicted molar refractivity (Wildman–Crippen MR) is 82.9 cm³/mol. The molecular weight excluding hydrogens is 264 g/mol. The summed E-state index contributed by atoms with van der Waals surface area (Å²) in [4.78, 5) is 4.32. The summed E-state index contributed by atoms with van der Waals surface area (Å²) in [6.45, 7) is 11.1. The van der Waals surface area contributed by atoms with Crippen molar-refractivity contribution in [3.63, 3.8) is 0 Å². The van der Waals surface area contributed by atoms with Gasteiger partial charge in [0.15, 0.2) is 0 Å². The number of nitrogens with one attached hydrogen (secondary N) is 1. The predicted octanol–water partition coefficient (Wildman–Crippen LogP) is 2.24. The lowest BCUT2D eigenvalue weighted by molar-refractivity contribution is 0.468. The summed E-state index contributed by atoms with van der Waals surface area (Å²) in [5.41, 5.74) is 1.02. The summed E-state index contributed by atoms with van der Waals surface area (Å²) in [6.07, 6.45) is 4.73. The van der Waals surface area contributed by atoms with Crippen molar-refractivity contribution >= 4 is 0 Å². The molecule has 2 heterocycles. The van der Waals surface area contributed by atoms with E-state index >= 15 is 0 Å². The zero-order valence-electron chi connectivity index (χ0n) is 13.5. The Labute approximate surface area is 126 Å². The lowest BCUT2D eigenvalue weighted by Gasteiger charge is -2.09. The number of nitrogens with zero attached hydrogens (tertiary/aromatic N) is 5. The zero-order chi connectivity index (χ0) is 15.2. The van der Waals surface area contributed by atoms with Gasteiger partial charge in [-0.05, 0) is 31.9 Å². The maximum atomic E-state index is 4.61. The molecule has 0 aliphatic heterocycles. The Morgan fingerprint density at radius 1 is 1.29 bits per heavy atom. The number of hydrogen-bond acceptors (Lipinski definition) is 4. The van der Waals surface area contributed by atoms with Crippen LogP contribution in [0.4, 0.5) is 0 Å². The van der Waals surface area contributed by atoms with Gasteiger partial charge < -0.3 is 5.32 Å². The fourth-order valence-corrected chi connectivity index (χ4v) is 2.08. The molecule has 1 atom stereocenters. The van der Waals surface area contributed by atoms with Crippen LogP contribution in [0.3, 0.4) is 0 Å². The highest BCUT2D eigenvalue weighted by Crippen LogP contribution is 2.10. The Kier molecular flexibility index (Phi) is 5.50.